The Bertz CT molecular complexity index is 516. The van der Waals surface area contributed by atoms with Gasteiger partial charge in [0.15, 0.2) is 0 Å². The van der Waals surface area contributed by atoms with Crippen molar-refractivity contribution in [2.24, 2.45) is 0 Å². The second-order valence-electron chi connectivity index (χ2n) is 4.01. The van der Waals surface area contributed by atoms with Gasteiger partial charge in [0, 0.05) is 24.7 Å². The first-order valence-electron chi connectivity index (χ1n) is 6.36. The van der Waals surface area contributed by atoms with Crippen molar-refractivity contribution in [3.05, 3.63) is 36.4 Å². The number of aromatic nitrogens is 2. The maximum atomic E-state index is 8.85. The second-order valence-corrected chi connectivity index (χ2v) is 4.01. The zero-order valence-electron chi connectivity index (χ0n) is 10.9. The molecule has 0 aliphatic rings. The number of aliphatic hydroxyl groups is 1. The Labute approximate surface area is 112 Å². The fourth-order valence-corrected chi connectivity index (χ4v) is 1.72. The molecule has 19 heavy (non-hydrogen) atoms. The SMILES string of the molecule is CCNc1cc(-c2ccccc2)nc(NCCO)n1. The summed E-state index contributed by atoms with van der Waals surface area (Å²) in [5, 5.41) is 15.0. The molecule has 0 radical (unpaired) electrons. The number of hydrogen-bond donors (Lipinski definition) is 3. The largest absolute Gasteiger partial charge is 0.395 e. The standard InChI is InChI=1S/C14H18N4O/c1-2-15-13-10-12(11-6-4-3-5-7-11)17-14(18-13)16-8-9-19/h3-7,10,19H,2,8-9H2,1H3,(H2,15,16,17,18). The van der Waals surface area contributed by atoms with Crippen molar-refractivity contribution in [1.29, 1.82) is 0 Å². The number of aliphatic hydroxyl groups excluding tert-OH is 1. The highest BCUT2D eigenvalue weighted by atomic mass is 16.3. The quantitative estimate of drug-likeness (QED) is 0.739. The Kier molecular flexibility index (Phi) is 4.69. The summed E-state index contributed by atoms with van der Waals surface area (Å²) in [5.41, 5.74) is 1.89. The maximum absolute atomic E-state index is 8.85. The minimum Gasteiger partial charge on any atom is -0.395 e. The number of hydrogen-bond acceptors (Lipinski definition) is 5. The summed E-state index contributed by atoms with van der Waals surface area (Å²) in [6.45, 7) is 3.30. The zero-order chi connectivity index (χ0) is 13.5. The molecule has 0 unspecified atom stereocenters. The Morgan fingerprint density at radius 3 is 2.58 bits per heavy atom. The van der Waals surface area contributed by atoms with Gasteiger partial charge in [0.05, 0.1) is 12.3 Å². The predicted molar refractivity (Wildman–Crippen MR) is 77.2 cm³/mol. The lowest BCUT2D eigenvalue weighted by atomic mass is 10.1. The minimum atomic E-state index is 0.0511. The number of nitrogens with one attached hydrogen (secondary N) is 2. The van der Waals surface area contributed by atoms with Crippen LogP contribution < -0.4 is 10.6 Å². The number of benzene rings is 1. The normalized spacial score (nSPS) is 10.2. The predicted octanol–water partition coefficient (Wildman–Crippen LogP) is 1.98. The molecule has 0 spiro atoms. The molecule has 100 valence electrons. The lowest BCUT2D eigenvalue weighted by Crippen LogP contribution is -2.10. The Balaban J connectivity index is 2.33. The van der Waals surface area contributed by atoms with Crippen molar-refractivity contribution in [1.82, 2.24) is 9.97 Å². The van der Waals surface area contributed by atoms with E-state index in [0.29, 0.717) is 12.5 Å². The van der Waals surface area contributed by atoms with E-state index in [-0.39, 0.29) is 6.61 Å². The molecule has 2 aromatic rings. The van der Waals surface area contributed by atoms with Crippen LogP contribution in [0, 0.1) is 0 Å². The lowest BCUT2D eigenvalue weighted by Gasteiger charge is -2.09. The van der Waals surface area contributed by atoms with Gasteiger partial charge in [-0.05, 0) is 6.92 Å². The molecular weight excluding hydrogens is 240 g/mol. The van der Waals surface area contributed by atoms with E-state index in [1.807, 2.05) is 43.3 Å². The molecule has 0 aliphatic carbocycles. The third-order valence-electron chi connectivity index (χ3n) is 2.55. The third kappa shape index (κ3) is 3.66. The number of anilines is 2. The van der Waals surface area contributed by atoms with Gasteiger partial charge in [-0.25, -0.2) is 4.98 Å². The first-order valence-corrected chi connectivity index (χ1v) is 6.36. The Morgan fingerprint density at radius 1 is 1.11 bits per heavy atom. The first kappa shape index (κ1) is 13.3. The van der Waals surface area contributed by atoms with Crippen LogP contribution in [0.1, 0.15) is 6.92 Å². The molecule has 3 N–H and O–H groups in total. The van der Waals surface area contributed by atoms with Crippen molar-refractivity contribution >= 4 is 11.8 Å². The van der Waals surface area contributed by atoms with Crippen LogP contribution in [0.5, 0.6) is 0 Å². The molecule has 5 heteroatoms. The van der Waals surface area contributed by atoms with E-state index in [4.69, 9.17) is 5.11 Å². The fraction of sp³-hybridized carbons (Fsp3) is 0.286. The van der Waals surface area contributed by atoms with E-state index in [2.05, 4.69) is 20.6 Å². The smallest absolute Gasteiger partial charge is 0.225 e. The summed E-state index contributed by atoms with van der Waals surface area (Å²) in [6.07, 6.45) is 0. The van der Waals surface area contributed by atoms with E-state index in [1.165, 1.54) is 0 Å². The lowest BCUT2D eigenvalue weighted by molar-refractivity contribution is 0.311. The van der Waals surface area contributed by atoms with E-state index in [0.717, 1.165) is 23.6 Å². The van der Waals surface area contributed by atoms with Crippen LogP contribution in [0.15, 0.2) is 36.4 Å². The fourth-order valence-electron chi connectivity index (χ4n) is 1.72. The molecule has 0 saturated heterocycles. The van der Waals surface area contributed by atoms with Crippen LogP contribution in [0.4, 0.5) is 11.8 Å². The molecule has 5 nitrogen and oxygen atoms in total. The van der Waals surface area contributed by atoms with Crippen molar-refractivity contribution in [3.8, 4) is 11.3 Å². The van der Waals surface area contributed by atoms with Crippen LogP contribution in [0.25, 0.3) is 11.3 Å². The van der Waals surface area contributed by atoms with Gasteiger partial charge >= 0.3 is 0 Å². The summed E-state index contributed by atoms with van der Waals surface area (Å²) in [4.78, 5) is 8.79. The average molecular weight is 258 g/mol. The summed E-state index contributed by atoms with van der Waals surface area (Å²) < 4.78 is 0. The molecule has 0 aliphatic heterocycles. The van der Waals surface area contributed by atoms with Crippen molar-refractivity contribution in [3.63, 3.8) is 0 Å². The van der Waals surface area contributed by atoms with Crippen molar-refractivity contribution < 1.29 is 5.11 Å². The molecule has 0 atom stereocenters. The molecule has 0 bridgehead atoms. The van der Waals surface area contributed by atoms with Crippen LogP contribution in [-0.4, -0.2) is 34.8 Å². The highest BCUT2D eigenvalue weighted by molar-refractivity contribution is 5.64. The van der Waals surface area contributed by atoms with Gasteiger partial charge in [0.2, 0.25) is 5.95 Å². The highest BCUT2D eigenvalue weighted by Gasteiger charge is 2.05. The van der Waals surface area contributed by atoms with Gasteiger partial charge in [-0.2, -0.15) is 4.98 Å². The second kappa shape index (κ2) is 6.70. The third-order valence-corrected chi connectivity index (χ3v) is 2.55. The first-order chi connectivity index (χ1) is 9.33. The summed E-state index contributed by atoms with van der Waals surface area (Å²) in [5.74, 6) is 1.29. The van der Waals surface area contributed by atoms with Gasteiger partial charge in [-0.1, -0.05) is 30.3 Å². The molecule has 1 heterocycles. The van der Waals surface area contributed by atoms with Gasteiger partial charge in [0.25, 0.3) is 0 Å². The molecule has 1 aromatic heterocycles. The maximum Gasteiger partial charge on any atom is 0.225 e. The molecule has 2 rings (SSSR count). The van der Waals surface area contributed by atoms with E-state index < -0.39 is 0 Å². The van der Waals surface area contributed by atoms with Gasteiger partial charge in [0.1, 0.15) is 5.82 Å². The summed E-state index contributed by atoms with van der Waals surface area (Å²) in [6, 6.07) is 11.9. The Morgan fingerprint density at radius 2 is 1.89 bits per heavy atom. The molecular formula is C14H18N4O. The van der Waals surface area contributed by atoms with Crippen LogP contribution in [0.2, 0.25) is 0 Å². The van der Waals surface area contributed by atoms with Gasteiger partial charge in [-0.15, -0.1) is 0 Å². The topological polar surface area (TPSA) is 70.1 Å². The van der Waals surface area contributed by atoms with Crippen LogP contribution >= 0.6 is 0 Å². The summed E-state index contributed by atoms with van der Waals surface area (Å²) >= 11 is 0. The van der Waals surface area contributed by atoms with E-state index in [1.54, 1.807) is 0 Å². The molecule has 0 fully saturated rings. The minimum absolute atomic E-state index is 0.0511. The zero-order valence-corrected chi connectivity index (χ0v) is 10.9. The highest BCUT2D eigenvalue weighted by Crippen LogP contribution is 2.20. The van der Waals surface area contributed by atoms with Crippen LogP contribution in [0.3, 0.4) is 0 Å². The van der Waals surface area contributed by atoms with Crippen molar-refractivity contribution in [2.45, 2.75) is 6.92 Å². The van der Waals surface area contributed by atoms with E-state index in [9.17, 15) is 0 Å². The van der Waals surface area contributed by atoms with Crippen molar-refractivity contribution in [2.75, 3.05) is 30.3 Å². The van der Waals surface area contributed by atoms with Crippen LogP contribution in [-0.2, 0) is 0 Å². The summed E-state index contributed by atoms with van der Waals surface area (Å²) in [7, 11) is 0. The van der Waals surface area contributed by atoms with Gasteiger partial charge in [-0.3, -0.25) is 0 Å². The molecule has 0 saturated carbocycles. The average Bonchev–Trinajstić information content (AvgIpc) is 2.46. The number of rotatable bonds is 6. The monoisotopic (exact) mass is 258 g/mol. The molecule has 1 aromatic carbocycles. The van der Waals surface area contributed by atoms with Gasteiger partial charge < -0.3 is 15.7 Å². The Hall–Kier alpha value is -2.14. The molecule has 0 amide bonds. The number of nitrogens with zero attached hydrogens (tertiary/aromatic N) is 2. The van der Waals surface area contributed by atoms with E-state index >= 15 is 0 Å².